The van der Waals surface area contributed by atoms with Gasteiger partial charge in [0, 0.05) is 18.9 Å². The Balaban J connectivity index is 2.15. The summed E-state index contributed by atoms with van der Waals surface area (Å²) in [5.41, 5.74) is 0.706. The molecule has 2 N–H and O–H groups in total. The van der Waals surface area contributed by atoms with Gasteiger partial charge in [-0.1, -0.05) is 0 Å². The van der Waals surface area contributed by atoms with Gasteiger partial charge in [0.1, 0.15) is 5.82 Å². The second-order valence-electron chi connectivity index (χ2n) is 3.65. The summed E-state index contributed by atoms with van der Waals surface area (Å²) in [5.74, 6) is 1.19. The van der Waals surface area contributed by atoms with Crippen molar-refractivity contribution in [2.45, 2.75) is 6.42 Å². The van der Waals surface area contributed by atoms with Crippen LogP contribution in [0.25, 0.3) is 0 Å². The first-order chi connectivity index (χ1) is 6.24. The molecule has 1 saturated heterocycles. The lowest BCUT2D eigenvalue weighted by Crippen LogP contribution is -2.25. The molecule has 2 aliphatic rings. The van der Waals surface area contributed by atoms with Crippen LogP contribution >= 0.6 is 0 Å². The van der Waals surface area contributed by atoms with E-state index in [1.807, 2.05) is 4.90 Å². The van der Waals surface area contributed by atoms with E-state index in [0.717, 1.165) is 18.1 Å². The Bertz CT molecular complexity index is 431. The predicted molar refractivity (Wildman–Crippen MR) is 45.8 cm³/mol. The SMILES string of the molecule is O=C1CN2CC1Cc1[nH]c(=O)[nH]c12. The topological polar surface area (TPSA) is 69.0 Å². The van der Waals surface area contributed by atoms with Crippen molar-refractivity contribution in [3.05, 3.63) is 16.2 Å². The Hall–Kier alpha value is -1.52. The number of aromatic nitrogens is 2. The van der Waals surface area contributed by atoms with Crippen LogP contribution in [0.15, 0.2) is 4.79 Å². The smallest absolute Gasteiger partial charge is 0.324 e. The van der Waals surface area contributed by atoms with E-state index in [1.54, 1.807) is 0 Å². The van der Waals surface area contributed by atoms with Crippen LogP contribution in [0.5, 0.6) is 0 Å². The quantitative estimate of drug-likeness (QED) is 0.551. The van der Waals surface area contributed by atoms with Crippen LogP contribution in [0, 0.1) is 5.92 Å². The van der Waals surface area contributed by atoms with Crippen molar-refractivity contribution in [2.24, 2.45) is 5.92 Å². The van der Waals surface area contributed by atoms with Crippen LogP contribution in [0.4, 0.5) is 5.82 Å². The molecule has 2 aliphatic heterocycles. The van der Waals surface area contributed by atoms with Crippen LogP contribution in [-0.2, 0) is 11.2 Å². The maximum Gasteiger partial charge on any atom is 0.324 e. The number of hydrogen-bond donors (Lipinski definition) is 2. The third-order valence-corrected chi connectivity index (χ3v) is 2.79. The van der Waals surface area contributed by atoms with Crippen molar-refractivity contribution in [1.29, 1.82) is 0 Å². The van der Waals surface area contributed by atoms with Crippen molar-refractivity contribution in [3.63, 3.8) is 0 Å². The fraction of sp³-hybridized carbons (Fsp3) is 0.500. The number of nitrogens with zero attached hydrogens (tertiary/aromatic N) is 1. The standard InChI is InChI=1S/C8H9N3O2/c12-6-3-11-2-4(6)1-5-7(11)10-8(13)9-5/h4H,1-3H2,(H2,9,10,13). The largest absolute Gasteiger partial charge is 0.349 e. The molecule has 1 unspecified atom stereocenters. The number of rotatable bonds is 0. The fourth-order valence-corrected chi connectivity index (χ4v) is 2.17. The molecule has 0 aromatic carbocycles. The van der Waals surface area contributed by atoms with Crippen molar-refractivity contribution < 1.29 is 4.79 Å². The number of nitrogens with one attached hydrogen (secondary N) is 2. The first kappa shape index (κ1) is 6.94. The van der Waals surface area contributed by atoms with Gasteiger partial charge >= 0.3 is 5.69 Å². The number of Topliss-reactive ketones (excluding diaryl/α,β-unsaturated/α-hetero) is 1. The lowest BCUT2D eigenvalue weighted by atomic mass is 10.0. The van der Waals surface area contributed by atoms with Crippen molar-refractivity contribution >= 4 is 11.6 Å². The highest BCUT2D eigenvalue weighted by Crippen LogP contribution is 2.30. The first-order valence-corrected chi connectivity index (χ1v) is 4.33. The summed E-state index contributed by atoms with van der Waals surface area (Å²) in [6.07, 6.45) is 0.684. The number of imidazole rings is 1. The fourth-order valence-electron chi connectivity index (χ4n) is 2.17. The van der Waals surface area contributed by atoms with Crippen LogP contribution in [-0.4, -0.2) is 28.8 Å². The number of aromatic amines is 2. The van der Waals surface area contributed by atoms with E-state index < -0.39 is 0 Å². The molecule has 0 aliphatic carbocycles. The van der Waals surface area contributed by atoms with E-state index in [9.17, 15) is 9.59 Å². The van der Waals surface area contributed by atoms with Gasteiger partial charge < -0.3 is 9.88 Å². The summed E-state index contributed by atoms with van der Waals surface area (Å²) in [7, 11) is 0. The lowest BCUT2D eigenvalue weighted by molar-refractivity contribution is -0.119. The van der Waals surface area contributed by atoms with E-state index in [-0.39, 0.29) is 17.4 Å². The Morgan fingerprint density at radius 3 is 3.00 bits per heavy atom. The highest BCUT2D eigenvalue weighted by Gasteiger charge is 2.38. The number of carbonyl (C=O) groups excluding carboxylic acids is 1. The zero-order valence-corrected chi connectivity index (χ0v) is 6.96. The highest BCUT2D eigenvalue weighted by molar-refractivity contribution is 5.91. The van der Waals surface area contributed by atoms with Gasteiger partial charge in [0.15, 0.2) is 5.78 Å². The molecule has 3 rings (SSSR count). The normalized spacial score (nSPS) is 25.1. The first-order valence-electron chi connectivity index (χ1n) is 4.33. The summed E-state index contributed by atoms with van der Waals surface area (Å²) >= 11 is 0. The molecular weight excluding hydrogens is 170 g/mol. The molecule has 1 aromatic rings. The van der Waals surface area contributed by atoms with Gasteiger partial charge in [0.25, 0.3) is 0 Å². The molecule has 0 spiro atoms. The molecule has 1 atom stereocenters. The molecule has 68 valence electrons. The van der Waals surface area contributed by atoms with Crippen LogP contribution in [0.1, 0.15) is 5.69 Å². The molecule has 5 heteroatoms. The van der Waals surface area contributed by atoms with Gasteiger partial charge in [0.2, 0.25) is 0 Å². The minimum absolute atomic E-state index is 0.0962. The summed E-state index contributed by atoms with van der Waals surface area (Å²) < 4.78 is 0. The third-order valence-electron chi connectivity index (χ3n) is 2.79. The Labute approximate surface area is 73.8 Å². The van der Waals surface area contributed by atoms with Gasteiger partial charge in [-0.15, -0.1) is 0 Å². The van der Waals surface area contributed by atoms with Crippen LogP contribution < -0.4 is 10.6 Å². The predicted octanol–water partition coefficient (Wildman–Crippen LogP) is -0.736. The molecule has 1 fully saturated rings. The zero-order chi connectivity index (χ0) is 9.00. The maximum absolute atomic E-state index is 11.4. The minimum Gasteiger partial charge on any atom is -0.349 e. The number of hydrogen-bond acceptors (Lipinski definition) is 3. The van der Waals surface area contributed by atoms with Crippen LogP contribution in [0.3, 0.4) is 0 Å². The van der Waals surface area contributed by atoms with E-state index in [0.29, 0.717) is 13.0 Å². The average molecular weight is 179 g/mol. The number of carbonyl (C=O) groups is 1. The van der Waals surface area contributed by atoms with E-state index in [1.165, 1.54) is 0 Å². The second kappa shape index (κ2) is 2.04. The number of H-pyrrole nitrogens is 2. The number of ketones is 1. The van der Waals surface area contributed by atoms with Crippen molar-refractivity contribution in [3.8, 4) is 0 Å². The summed E-state index contributed by atoms with van der Waals surface area (Å²) in [6, 6.07) is 0. The molecule has 0 saturated carbocycles. The summed E-state index contributed by atoms with van der Waals surface area (Å²) in [4.78, 5) is 29.7. The van der Waals surface area contributed by atoms with Crippen molar-refractivity contribution in [2.75, 3.05) is 18.0 Å². The van der Waals surface area contributed by atoms with Gasteiger partial charge in [-0.05, 0) is 0 Å². The molecule has 3 heterocycles. The summed E-state index contributed by atoms with van der Waals surface area (Å²) in [5, 5.41) is 0. The number of fused-ring (bicyclic) bond motifs is 4. The molecule has 2 bridgehead atoms. The third kappa shape index (κ3) is 0.811. The van der Waals surface area contributed by atoms with Gasteiger partial charge in [-0.2, -0.15) is 0 Å². The Kier molecular flexibility index (Phi) is 1.09. The zero-order valence-electron chi connectivity index (χ0n) is 6.96. The molecular formula is C8H9N3O2. The van der Waals surface area contributed by atoms with E-state index in [4.69, 9.17) is 0 Å². The van der Waals surface area contributed by atoms with Gasteiger partial charge in [-0.3, -0.25) is 9.78 Å². The molecule has 5 nitrogen and oxygen atoms in total. The maximum atomic E-state index is 11.4. The lowest BCUT2D eigenvalue weighted by Gasteiger charge is -2.21. The summed E-state index contributed by atoms with van der Waals surface area (Å²) in [6.45, 7) is 1.21. The van der Waals surface area contributed by atoms with E-state index in [2.05, 4.69) is 9.97 Å². The minimum atomic E-state index is -0.176. The van der Waals surface area contributed by atoms with Gasteiger partial charge in [0.05, 0.1) is 12.2 Å². The van der Waals surface area contributed by atoms with Gasteiger partial charge in [-0.25, -0.2) is 4.79 Å². The van der Waals surface area contributed by atoms with Crippen molar-refractivity contribution in [1.82, 2.24) is 9.97 Å². The Morgan fingerprint density at radius 1 is 1.31 bits per heavy atom. The second-order valence-corrected chi connectivity index (χ2v) is 3.65. The monoisotopic (exact) mass is 179 g/mol. The average Bonchev–Trinajstić information content (AvgIpc) is 2.57. The molecule has 1 aromatic heterocycles. The van der Waals surface area contributed by atoms with Crippen LogP contribution in [0.2, 0.25) is 0 Å². The molecule has 13 heavy (non-hydrogen) atoms. The highest BCUT2D eigenvalue weighted by atomic mass is 16.1. The molecule has 0 radical (unpaired) electrons. The number of anilines is 1. The molecule has 0 amide bonds. The Morgan fingerprint density at radius 2 is 2.15 bits per heavy atom. The van der Waals surface area contributed by atoms with E-state index >= 15 is 0 Å².